The van der Waals surface area contributed by atoms with Crippen LogP contribution in [0.1, 0.15) is 96.8 Å². The maximum Gasteiger partial charge on any atom is 0.303 e. The summed E-state index contributed by atoms with van der Waals surface area (Å²) in [7, 11) is 0. The molecule has 2 atom stereocenters. The van der Waals surface area contributed by atoms with E-state index in [4.69, 9.17) is 5.11 Å². The van der Waals surface area contributed by atoms with Crippen LogP contribution in [0.5, 0.6) is 0 Å². The number of Topliss-reactive ketones (excluding diaryl/α,β-unsaturated/α-hetero) is 1. The molecule has 1 N–H and O–H groups in total. The van der Waals surface area contributed by atoms with Gasteiger partial charge in [-0.2, -0.15) is 0 Å². The van der Waals surface area contributed by atoms with Crippen molar-refractivity contribution in [2.24, 2.45) is 11.8 Å². The van der Waals surface area contributed by atoms with Crippen LogP contribution in [0, 0.1) is 11.8 Å². The van der Waals surface area contributed by atoms with Crippen molar-refractivity contribution in [1.29, 1.82) is 0 Å². The van der Waals surface area contributed by atoms with Crippen LogP contribution in [0.25, 0.3) is 0 Å². The predicted molar refractivity (Wildman–Crippen MR) is 104 cm³/mol. The molecule has 1 aliphatic carbocycles. The molecule has 0 bridgehead atoms. The van der Waals surface area contributed by atoms with E-state index in [0.29, 0.717) is 25.0 Å². The lowest BCUT2D eigenvalue weighted by Gasteiger charge is -2.14. The first-order valence-corrected chi connectivity index (χ1v) is 10.5. The smallest absolute Gasteiger partial charge is 0.303 e. The molecule has 2 unspecified atom stereocenters. The normalized spacial score (nSPS) is 20.1. The van der Waals surface area contributed by atoms with Crippen LogP contribution in [-0.2, 0) is 14.4 Å². The Hall–Kier alpha value is -1.45. The summed E-state index contributed by atoms with van der Waals surface area (Å²) in [5.74, 6) is 0.0512. The van der Waals surface area contributed by atoms with Gasteiger partial charge in [-0.3, -0.25) is 14.4 Å². The molecule has 26 heavy (non-hydrogen) atoms. The summed E-state index contributed by atoms with van der Waals surface area (Å²) in [6, 6.07) is 0. The zero-order valence-electron chi connectivity index (χ0n) is 16.4. The van der Waals surface area contributed by atoms with Crippen molar-refractivity contribution in [1.82, 2.24) is 0 Å². The summed E-state index contributed by atoms with van der Waals surface area (Å²) in [4.78, 5) is 34.6. The summed E-state index contributed by atoms with van der Waals surface area (Å²) in [6.07, 6.45) is 16.2. The van der Waals surface area contributed by atoms with Crippen LogP contribution < -0.4 is 0 Å². The molecule has 0 aromatic carbocycles. The molecule has 0 amide bonds. The van der Waals surface area contributed by atoms with Gasteiger partial charge in [0, 0.05) is 25.2 Å². The maximum absolute atomic E-state index is 12.1. The number of unbranched alkanes of at least 4 members (excludes halogenated alkanes) is 7. The Kier molecular flexibility index (Phi) is 11.9. The third-order valence-electron chi connectivity index (χ3n) is 5.37. The van der Waals surface area contributed by atoms with E-state index in [2.05, 4.69) is 6.92 Å². The maximum atomic E-state index is 12.1. The summed E-state index contributed by atoms with van der Waals surface area (Å²) >= 11 is 0. The molecular weight excluding hydrogens is 328 g/mol. The Morgan fingerprint density at radius 2 is 1.65 bits per heavy atom. The third kappa shape index (κ3) is 9.88. The van der Waals surface area contributed by atoms with E-state index in [9.17, 15) is 14.4 Å². The van der Waals surface area contributed by atoms with Gasteiger partial charge in [0.15, 0.2) is 5.78 Å². The van der Waals surface area contributed by atoms with Gasteiger partial charge >= 0.3 is 5.97 Å². The van der Waals surface area contributed by atoms with E-state index < -0.39 is 5.97 Å². The topological polar surface area (TPSA) is 71.4 Å². The number of aliphatic carboxylic acids is 1. The van der Waals surface area contributed by atoms with E-state index in [1.807, 2.05) is 6.08 Å². The van der Waals surface area contributed by atoms with Crippen molar-refractivity contribution in [2.45, 2.75) is 96.8 Å². The Balaban J connectivity index is 2.25. The summed E-state index contributed by atoms with van der Waals surface area (Å²) in [5.41, 5.74) is 0. The molecule has 1 fully saturated rings. The monoisotopic (exact) mass is 364 g/mol. The van der Waals surface area contributed by atoms with Crippen molar-refractivity contribution in [2.75, 3.05) is 0 Å². The molecule has 1 rings (SSSR count). The molecule has 0 aliphatic heterocycles. The number of rotatable bonds is 15. The number of carbonyl (C=O) groups is 3. The molecule has 1 saturated carbocycles. The molecule has 1 aliphatic rings. The molecule has 0 spiro atoms. The fourth-order valence-electron chi connectivity index (χ4n) is 3.75. The lowest BCUT2D eigenvalue weighted by molar-refractivity contribution is -0.137. The molecule has 0 heterocycles. The number of hydrogen-bond acceptors (Lipinski definition) is 3. The van der Waals surface area contributed by atoms with Gasteiger partial charge in [0.2, 0.25) is 0 Å². The Morgan fingerprint density at radius 1 is 1.00 bits per heavy atom. The molecule has 0 saturated heterocycles. The highest BCUT2D eigenvalue weighted by atomic mass is 16.4. The summed E-state index contributed by atoms with van der Waals surface area (Å²) in [6.45, 7) is 2.18. The molecule has 4 heteroatoms. The van der Waals surface area contributed by atoms with Gasteiger partial charge in [-0.25, -0.2) is 0 Å². The van der Waals surface area contributed by atoms with E-state index in [1.165, 1.54) is 19.3 Å². The predicted octanol–water partition coefficient (Wildman–Crippen LogP) is 5.49. The average molecular weight is 365 g/mol. The molecule has 0 aromatic heterocycles. The quantitative estimate of drug-likeness (QED) is 0.308. The minimum atomic E-state index is -0.740. The van der Waals surface area contributed by atoms with Crippen molar-refractivity contribution in [3.05, 3.63) is 12.2 Å². The van der Waals surface area contributed by atoms with Gasteiger partial charge in [-0.05, 0) is 37.7 Å². The van der Waals surface area contributed by atoms with E-state index in [0.717, 1.165) is 44.9 Å². The molecule has 148 valence electrons. The Bertz CT molecular complexity index is 467. The number of carboxylic acid groups (broad SMARTS) is 1. The van der Waals surface area contributed by atoms with Crippen LogP contribution in [0.2, 0.25) is 0 Å². The van der Waals surface area contributed by atoms with Crippen molar-refractivity contribution >= 4 is 17.5 Å². The molecule has 4 nitrogen and oxygen atoms in total. The van der Waals surface area contributed by atoms with Gasteiger partial charge in [0.25, 0.3) is 0 Å². The highest BCUT2D eigenvalue weighted by Gasteiger charge is 2.32. The lowest BCUT2D eigenvalue weighted by atomic mass is 9.89. The van der Waals surface area contributed by atoms with E-state index in [-0.39, 0.29) is 24.0 Å². The van der Waals surface area contributed by atoms with Crippen LogP contribution in [0.4, 0.5) is 0 Å². The Labute approximate surface area is 158 Å². The summed E-state index contributed by atoms with van der Waals surface area (Å²) < 4.78 is 0. The van der Waals surface area contributed by atoms with Gasteiger partial charge in [0.05, 0.1) is 0 Å². The zero-order chi connectivity index (χ0) is 19.2. The van der Waals surface area contributed by atoms with Gasteiger partial charge in [-0.1, -0.05) is 57.9 Å². The van der Waals surface area contributed by atoms with Crippen molar-refractivity contribution in [3.8, 4) is 0 Å². The number of carboxylic acids is 1. The SMILES string of the molecule is CCCCCCCC(=O)C=CC1CCC(=O)C1CCCCCCC(=O)O. The first-order chi connectivity index (χ1) is 12.5. The largest absolute Gasteiger partial charge is 0.481 e. The fraction of sp³-hybridized carbons (Fsp3) is 0.773. The number of ketones is 2. The Morgan fingerprint density at radius 3 is 2.35 bits per heavy atom. The molecule has 0 radical (unpaired) electrons. The first kappa shape index (κ1) is 22.6. The lowest BCUT2D eigenvalue weighted by Crippen LogP contribution is -2.13. The third-order valence-corrected chi connectivity index (χ3v) is 5.37. The van der Waals surface area contributed by atoms with Crippen LogP contribution in [0.15, 0.2) is 12.2 Å². The highest BCUT2D eigenvalue weighted by Crippen LogP contribution is 2.33. The molecular formula is C22H36O4. The standard InChI is InChI=1S/C22H36O4/c1-2-3-4-5-8-11-19(23)16-14-18-15-17-21(24)20(18)12-9-6-7-10-13-22(25)26/h14,16,18,20H,2-13,15,17H2,1H3,(H,25,26). The zero-order valence-corrected chi connectivity index (χ0v) is 16.4. The van der Waals surface area contributed by atoms with Gasteiger partial charge in [0.1, 0.15) is 5.78 Å². The average Bonchev–Trinajstić information content (AvgIpc) is 2.95. The van der Waals surface area contributed by atoms with Crippen LogP contribution in [0.3, 0.4) is 0 Å². The minimum Gasteiger partial charge on any atom is -0.481 e. The second-order valence-corrected chi connectivity index (χ2v) is 7.61. The van der Waals surface area contributed by atoms with Crippen LogP contribution in [-0.4, -0.2) is 22.6 Å². The fourth-order valence-corrected chi connectivity index (χ4v) is 3.75. The minimum absolute atomic E-state index is 0.0584. The van der Waals surface area contributed by atoms with E-state index in [1.54, 1.807) is 6.08 Å². The van der Waals surface area contributed by atoms with Gasteiger partial charge < -0.3 is 5.11 Å². The second-order valence-electron chi connectivity index (χ2n) is 7.61. The first-order valence-electron chi connectivity index (χ1n) is 10.5. The molecule has 0 aromatic rings. The summed E-state index contributed by atoms with van der Waals surface area (Å²) in [5, 5.41) is 8.63. The van der Waals surface area contributed by atoms with Crippen LogP contribution >= 0.6 is 0 Å². The number of carbonyl (C=O) groups excluding carboxylic acids is 2. The highest BCUT2D eigenvalue weighted by molar-refractivity contribution is 5.90. The number of hydrogen-bond donors (Lipinski definition) is 1. The van der Waals surface area contributed by atoms with Gasteiger partial charge in [-0.15, -0.1) is 0 Å². The number of allylic oxidation sites excluding steroid dienone is 2. The van der Waals surface area contributed by atoms with Crippen molar-refractivity contribution < 1.29 is 19.5 Å². The second kappa shape index (κ2) is 13.7. The van der Waals surface area contributed by atoms with Crippen molar-refractivity contribution in [3.63, 3.8) is 0 Å². The van der Waals surface area contributed by atoms with E-state index >= 15 is 0 Å².